The summed E-state index contributed by atoms with van der Waals surface area (Å²) in [4.78, 5) is 13.5. The zero-order valence-corrected chi connectivity index (χ0v) is 15.4. The van der Waals surface area contributed by atoms with Gasteiger partial charge in [-0.05, 0) is 24.6 Å². The molecule has 1 aliphatic heterocycles. The van der Waals surface area contributed by atoms with Crippen LogP contribution in [-0.2, 0) is 16.6 Å². The maximum absolute atomic E-state index is 12.6. The normalized spacial score (nSPS) is 16.8. The number of hydrogen-bond acceptors (Lipinski definition) is 6. The maximum Gasteiger partial charge on any atom is 0.269 e. The summed E-state index contributed by atoms with van der Waals surface area (Å²) in [6.45, 7) is 4.52. The Labute approximate surface area is 150 Å². The highest BCUT2D eigenvalue weighted by Crippen LogP contribution is 2.25. The van der Waals surface area contributed by atoms with Gasteiger partial charge in [-0.25, -0.2) is 8.42 Å². The van der Waals surface area contributed by atoms with Crippen LogP contribution in [0.3, 0.4) is 0 Å². The van der Waals surface area contributed by atoms with Crippen molar-refractivity contribution >= 4 is 27.0 Å². The molecule has 0 spiro atoms. The van der Waals surface area contributed by atoms with E-state index in [2.05, 4.69) is 4.90 Å². The van der Waals surface area contributed by atoms with Crippen LogP contribution in [0.2, 0.25) is 0 Å². The monoisotopic (exact) mass is 381 g/mol. The quantitative estimate of drug-likeness (QED) is 0.587. The lowest BCUT2D eigenvalue weighted by Crippen LogP contribution is -2.48. The van der Waals surface area contributed by atoms with E-state index in [4.69, 9.17) is 0 Å². The van der Waals surface area contributed by atoms with Gasteiger partial charge in [0.05, 0.1) is 4.92 Å². The Morgan fingerprint density at radius 2 is 1.88 bits per heavy atom. The molecular formula is C16H19N3O4S2. The molecular weight excluding hydrogens is 362 g/mol. The lowest BCUT2D eigenvalue weighted by Gasteiger charge is -2.33. The third kappa shape index (κ3) is 4.06. The van der Waals surface area contributed by atoms with E-state index in [9.17, 15) is 18.5 Å². The van der Waals surface area contributed by atoms with E-state index >= 15 is 0 Å². The topological polar surface area (TPSA) is 83.8 Å². The zero-order valence-electron chi connectivity index (χ0n) is 13.8. The molecule has 0 aliphatic carbocycles. The number of sulfonamides is 1. The van der Waals surface area contributed by atoms with Gasteiger partial charge in [-0.2, -0.15) is 4.31 Å². The molecule has 1 aliphatic rings. The molecule has 0 N–H and O–H groups in total. The Bertz CT molecular complexity index is 871. The number of benzene rings is 1. The molecule has 0 bridgehead atoms. The molecule has 9 heteroatoms. The first kappa shape index (κ1) is 18.0. The number of nitrogens with zero attached hydrogens (tertiary/aromatic N) is 3. The van der Waals surface area contributed by atoms with E-state index in [1.165, 1.54) is 21.7 Å². The SMILES string of the molecule is Cc1ccc(S(=O)(=O)N2CCN(Cc3cccc([N+](=O)[O-])c3)CC2)s1. The third-order valence-electron chi connectivity index (χ3n) is 4.17. The van der Waals surface area contributed by atoms with Crippen molar-refractivity contribution in [3.05, 3.63) is 57.0 Å². The largest absolute Gasteiger partial charge is 0.296 e. The summed E-state index contributed by atoms with van der Waals surface area (Å²) >= 11 is 1.29. The number of nitro benzene ring substituents is 1. The van der Waals surface area contributed by atoms with Crippen molar-refractivity contribution in [3.8, 4) is 0 Å². The van der Waals surface area contributed by atoms with Crippen molar-refractivity contribution in [3.63, 3.8) is 0 Å². The van der Waals surface area contributed by atoms with Gasteiger partial charge in [-0.1, -0.05) is 12.1 Å². The minimum absolute atomic E-state index is 0.0757. The summed E-state index contributed by atoms with van der Waals surface area (Å²) in [6, 6.07) is 10.0. The molecule has 1 saturated heterocycles. The number of thiophene rings is 1. The van der Waals surface area contributed by atoms with Gasteiger partial charge in [0.25, 0.3) is 15.7 Å². The second-order valence-electron chi connectivity index (χ2n) is 5.97. The summed E-state index contributed by atoms with van der Waals surface area (Å²) in [7, 11) is -3.42. The summed E-state index contributed by atoms with van der Waals surface area (Å²) in [6.07, 6.45) is 0. The minimum atomic E-state index is -3.42. The van der Waals surface area contributed by atoms with Gasteiger partial charge in [0.1, 0.15) is 4.21 Å². The highest BCUT2D eigenvalue weighted by atomic mass is 32.2. The maximum atomic E-state index is 12.6. The summed E-state index contributed by atoms with van der Waals surface area (Å²) in [5.74, 6) is 0. The number of non-ortho nitro benzene ring substituents is 1. The van der Waals surface area contributed by atoms with Gasteiger partial charge >= 0.3 is 0 Å². The smallest absolute Gasteiger partial charge is 0.269 e. The summed E-state index contributed by atoms with van der Waals surface area (Å²) in [5.41, 5.74) is 0.936. The van der Waals surface area contributed by atoms with E-state index < -0.39 is 14.9 Å². The van der Waals surface area contributed by atoms with Gasteiger partial charge in [-0.15, -0.1) is 11.3 Å². The predicted octanol–water partition coefficient (Wildman–Crippen LogP) is 2.47. The molecule has 1 aromatic heterocycles. The van der Waals surface area contributed by atoms with Crippen molar-refractivity contribution in [1.82, 2.24) is 9.21 Å². The van der Waals surface area contributed by atoms with Gasteiger partial charge in [0.15, 0.2) is 0 Å². The van der Waals surface area contributed by atoms with Crippen LogP contribution in [0.25, 0.3) is 0 Å². The molecule has 0 amide bonds. The molecule has 2 heterocycles. The van der Waals surface area contributed by atoms with Gasteiger partial charge in [0, 0.05) is 49.7 Å². The molecule has 0 unspecified atom stereocenters. The average molecular weight is 381 g/mol. The average Bonchev–Trinajstić information content (AvgIpc) is 3.03. The Kier molecular flexibility index (Phi) is 5.19. The van der Waals surface area contributed by atoms with Crippen molar-refractivity contribution in [2.45, 2.75) is 17.7 Å². The fourth-order valence-corrected chi connectivity index (χ4v) is 5.69. The van der Waals surface area contributed by atoms with Crippen LogP contribution in [0.15, 0.2) is 40.6 Å². The minimum Gasteiger partial charge on any atom is -0.296 e. The number of hydrogen-bond donors (Lipinski definition) is 0. The van der Waals surface area contributed by atoms with Crippen molar-refractivity contribution in [2.24, 2.45) is 0 Å². The van der Waals surface area contributed by atoms with Crippen LogP contribution in [0.5, 0.6) is 0 Å². The fraction of sp³-hybridized carbons (Fsp3) is 0.375. The molecule has 1 aromatic carbocycles. The molecule has 0 radical (unpaired) electrons. The molecule has 0 saturated carbocycles. The van der Waals surface area contributed by atoms with Crippen LogP contribution in [-0.4, -0.2) is 48.7 Å². The van der Waals surface area contributed by atoms with Gasteiger partial charge in [-0.3, -0.25) is 15.0 Å². The van der Waals surface area contributed by atoms with E-state index in [0.29, 0.717) is 36.9 Å². The van der Waals surface area contributed by atoms with Crippen molar-refractivity contribution < 1.29 is 13.3 Å². The second kappa shape index (κ2) is 7.20. The zero-order chi connectivity index (χ0) is 18.0. The van der Waals surface area contributed by atoms with E-state index in [1.54, 1.807) is 18.2 Å². The van der Waals surface area contributed by atoms with Crippen LogP contribution in [0, 0.1) is 17.0 Å². The van der Waals surface area contributed by atoms with Gasteiger partial charge in [0.2, 0.25) is 0 Å². The molecule has 1 fully saturated rings. The lowest BCUT2D eigenvalue weighted by molar-refractivity contribution is -0.384. The third-order valence-corrected chi connectivity index (χ3v) is 7.54. The Morgan fingerprint density at radius 1 is 1.16 bits per heavy atom. The van der Waals surface area contributed by atoms with E-state index in [0.717, 1.165) is 10.4 Å². The van der Waals surface area contributed by atoms with Crippen molar-refractivity contribution in [2.75, 3.05) is 26.2 Å². The second-order valence-corrected chi connectivity index (χ2v) is 9.43. The number of nitro groups is 1. The first-order valence-corrected chi connectivity index (χ1v) is 10.1. The Balaban J connectivity index is 1.62. The molecule has 7 nitrogen and oxygen atoms in total. The number of rotatable bonds is 5. The molecule has 3 rings (SSSR count). The fourth-order valence-electron chi connectivity index (χ4n) is 2.83. The van der Waals surface area contributed by atoms with E-state index in [-0.39, 0.29) is 5.69 Å². The summed E-state index contributed by atoms with van der Waals surface area (Å²) < 4.78 is 27.2. The standard InChI is InChI=1S/C16H19N3O4S2/c1-13-5-6-16(24-13)25(22,23)18-9-7-17(8-10-18)12-14-3-2-4-15(11-14)19(20)21/h2-6,11H,7-10,12H2,1H3. The molecule has 0 atom stereocenters. The van der Waals surface area contributed by atoms with E-state index in [1.807, 2.05) is 19.1 Å². The van der Waals surface area contributed by atoms with Crippen LogP contribution < -0.4 is 0 Å². The lowest BCUT2D eigenvalue weighted by atomic mass is 10.2. The highest BCUT2D eigenvalue weighted by molar-refractivity contribution is 7.91. The molecule has 25 heavy (non-hydrogen) atoms. The number of aryl methyl sites for hydroxylation is 1. The first-order chi connectivity index (χ1) is 11.9. The number of piperazine rings is 1. The van der Waals surface area contributed by atoms with Crippen LogP contribution in [0.4, 0.5) is 5.69 Å². The van der Waals surface area contributed by atoms with Crippen molar-refractivity contribution in [1.29, 1.82) is 0 Å². The first-order valence-electron chi connectivity index (χ1n) is 7.88. The van der Waals surface area contributed by atoms with Crippen LogP contribution in [0.1, 0.15) is 10.4 Å². The highest BCUT2D eigenvalue weighted by Gasteiger charge is 2.29. The molecule has 134 valence electrons. The van der Waals surface area contributed by atoms with Gasteiger partial charge < -0.3 is 0 Å². The Morgan fingerprint density at radius 3 is 2.48 bits per heavy atom. The summed E-state index contributed by atoms with van der Waals surface area (Å²) in [5, 5.41) is 10.9. The molecule has 2 aromatic rings. The van der Waals surface area contributed by atoms with Crippen LogP contribution >= 0.6 is 11.3 Å². The predicted molar refractivity (Wildman–Crippen MR) is 96.2 cm³/mol. The Hall–Kier alpha value is -1.81.